The molecule has 1 aliphatic rings. The summed E-state index contributed by atoms with van der Waals surface area (Å²) in [5.41, 5.74) is 2.61. The van der Waals surface area contributed by atoms with Crippen molar-refractivity contribution < 1.29 is 4.79 Å². The Balaban J connectivity index is 1.73. The standard InChI is InChI=1S/C17H25NO/c1-3-14-5-7-15(8-6-14)9-11-17(19)18-16-10-4-13(2)12-16/h5-8,13,16H,3-4,9-12H2,1-2H3,(H,18,19). The third-order valence-corrected chi connectivity index (χ3v) is 4.13. The fourth-order valence-electron chi connectivity index (χ4n) is 2.84. The largest absolute Gasteiger partial charge is 0.353 e. The minimum atomic E-state index is 0.207. The fourth-order valence-corrected chi connectivity index (χ4v) is 2.84. The predicted octanol–water partition coefficient (Wildman–Crippen LogP) is 3.49. The van der Waals surface area contributed by atoms with E-state index in [4.69, 9.17) is 0 Å². The van der Waals surface area contributed by atoms with Gasteiger partial charge in [0.1, 0.15) is 0 Å². The Morgan fingerprint density at radius 3 is 2.47 bits per heavy atom. The van der Waals surface area contributed by atoms with Crippen molar-refractivity contribution in [2.24, 2.45) is 5.92 Å². The molecular weight excluding hydrogens is 234 g/mol. The molecule has 0 radical (unpaired) electrons. The second-order valence-corrected chi connectivity index (χ2v) is 5.85. The van der Waals surface area contributed by atoms with E-state index in [9.17, 15) is 4.79 Å². The van der Waals surface area contributed by atoms with Crippen molar-refractivity contribution in [1.82, 2.24) is 5.32 Å². The third kappa shape index (κ3) is 4.38. The molecule has 2 atom stereocenters. The monoisotopic (exact) mass is 259 g/mol. The van der Waals surface area contributed by atoms with Gasteiger partial charge in [-0.2, -0.15) is 0 Å². The van der Waals surface area contributed by atoms with Gasteiger partial charge in [-0.15, -0.1) is 0 Å². The van der Waals surface area contributed by atoms with Crippen LogP contribution in [0.2, 0.25) is 0 Å². The van der Waals surface area contributed by atoms with E-state index in [0.29, 0.717) is 12.5 Å². The molecule has 0 aliphatic heterocycles. The van der Waals surface area contributed by atoms with Crippen molar-refractivity contribution in [3.05, 3.63) is 35.4 Å². The zero-order valence-electron chi connectivity index (χ0n) is 12.1. The van der Waals surface area contributed by atoms with Gasteiger partial charge in [-0.3, -0.25) is 4.79 Å². The molecule has 1 N–H and O–H groups in total. The van der Waals surface area contributed by atoms with Crippen LogP contribution in [0.5, 0.6) is 0 Å². The van der Waals surface area contributed by atoms with Crippen molar-refractivity contribution in [2.75, 3.05) is 0 Å². The van der Waals surface area contributed by atoms with Gasteiger partial charge in [-0.1, -0.05) is 38.1 Å². The first-order chi connectivity index (χ1) is 9.17. The van der Waals surface area contributed by atoms with Crippen molar-refractivity contribution in [1.29, 1.82) is 0 Å². The number of aryl methyl sites for hydroxylation is 2. The van der Waals surface area contributed by atoms with Crippen LogP contribution in [0, 0.1) is 5.92 Å². The molecular formula is C17H25NO. The van der Waals surface area contributed by atoms with Crippen LogP contribution in [0.4, 0.5) is 0 Å². The molecule has 0 spiro atoms. The van der Waals surface area contributed by atoms with Gasteiger partial charge in [0.05, 0.1) is 0 Å². The second-order valence-electron chi connectivity index (χ2n) is 5.85. The zero-order valence-corrected chi connectivity index (χ0v) is 12.1. The Labute approximate surface area is 116 Å². The van der Waals surface area contributed by atoms with Crippen molar-refractivity contribution in [3.8, 4) is 0 Å². The lowest BCUT2D eigenvalue weighted by molar-refractivity contribution is -0.121. The molecule has 1 aromatic carbocycles. The van der Waals surface area contributed by atoms with Crippen LogP contribution in [0.25, 0.3) is 0 Å². The molecule has 19 heavy (non-hydrogen) atoms. The molecule has 2 nitrogen and oxygen atoms in total. The summed E-state index contributed by atoms with van der Waals surface area (Å²) in [6.07, 6.45) is 6.08. The summed E-state index contributed by atoms with van der Waals surface area (Å²) in [5, 5.41) is 3.16. The first-order valence-electron chi connectivity index (χ1n) is 7.54. The average Bonchev–Trinajstić information content (AvgIpc) is 2.82. The summed E-state index contributed by atoms with van der Waals surface area (Å²) >= 11 is 0. The maximum Gasteiger partial charge on any atom is 0.220 e. The fraction of sp³-hybridized carbons (Fsp3) is 0.588. The first-order valence-corrected chi connectivity index (χ1v) is 7.54. The minimum absolute atomic E-state index is 0.207. The van der Waals surface area contributed by atoms with Crippen LogP contribution in [0.15, 0.2) is 24.3 Å². The van der Waals surface area contributed by atoms with Gasteiger partial charge in [0.15, 0.2) is 0 Å². The molecule has 1 aliphatic carbocycles. The van der Waals surface area contributed by atoms with Gasteiger partial charge >= 0.3 is 0 Å². The number of nitrogens with one attached hydrogen (secondary N) is 1. The van der Waals surface area contributed by atoms with Gasteiger partial charge in [-0.25, -0.2) is 0 Å². The van der Waals surface area contributed by atoms with Crippen molar-refractivity contribution >= 4 is 5.91 Å². The number of hydrogen-bond acceptors (Lipinski definition) is 1. The van der Waals surface area contributed by atoms with E-state index in [-0.39, 0.29) is 5.91 Å². The van der Waals surface area contributed by atoms with Gasteiger partial charge in [-0.05, 0) is 49.1 Å². The first kappa shape index (κ1) is 14.1. The highest BCUT2D eigenvalue weighted by molar-refractivity contribution is 5.76. The van der Waals surface area contributed by atoms with E-state index in [0.717, 1.165) is 31.6 Å². The van der Waals surface area contributed by atoms with E-state index in [1.54, 1.807) is 0 Å². The number of rotatable bonds is 5. The lowest BCUT2D eigenvalue weighted by Gasteiger charge is -2.12. The van der Waals surface area contributed by atoms with Crippen LogP contribution in [-0.4, -0.2) is 11.9 Å². The lowest BCUT2D eigenvalue weighted by atomic mass is 10.1. The van der Waals surface area contributed by atoms with Crippen molar-refractivity contribution in [3.63, 3.8) is 0 Å². The Hall–Kier alpha value is -1.31. The van der Waals surface area contributed by atoms with Gasteiger partial charge < -0.3 is 5.32 Å². The summed E-state index contributed by atoms with van der Waals surface area (Å²) in [7, 11) is 0. The Morgan fingerprint density at radius 2 is 1.89 bits per heavy atom. The molecule has 0 heterocycles. The highest BCUT2D eigenvalue weighted by atomic mass is 16.1. The van der Waals surface area contributed by atoms with Crippen LogP contribution in [0.1, 0.15) is 50.7 Å². The molecule has 1 aromatic rings. The van der Waals surface area contributed by atoms with Crippen LogP contribution >= 0.6 is 0 Å². The molecule has 104 valence electrons. The molecule has 1 fully saturated rings. The molecule has 2 unspecified atom stereocenters. The quantitative estimate of drug-likeness (QED) is 0.861. The molecule has 1 saturated carbocycles. The summed E-state index contributed by atoms with van der Waals surface area (Å²) in [6.45, 7) is 4.42. The zero-order chi connectivity index (χ0) is 13.7. The van der Waals surface area contributed by atoms with Gasteiger partial charge in [0, 0.05) is 12.5 Å². The number of carbonyl (C=O) groups excluding carboxylic acids is 1. The molecule has 2 heteroatoms. The van der Waals surface area contributed by atoms with Crippen molar-refractivity contribution in [2.45, 2.75) is 58.4 Å². The third-order valence-electron chi connectivity index (χ3n) is 4.13. The Bertz CT molecular complexity index is 410. The van der Waals surface area contributed by atoms with Crippen LogP contribution in [0.3, 0.4) is 0 Å². The number of amides is 1. The van der Waals surface area contributed by atoms with E-state index in [1.807, 2.05) is 0 Å². The summed E-state index contributed by atoms with van der Waals surface area (Å²) < 4.78 is 0. The molecule has 1 amide bonds. The summed E-state index contributed by atoms with van der Waals surface area (Å²) in [4.78, 5) is 11.9. The topological polar surface area (TPSA) is 29.1 Å². The van der Waals surface area contributed by atoms with Gasteiger partial charge in [0.2, 0.25) is 5.91 Å². The predicted molar refractivity (Wildman–Crippen MR) is 79.1 cm³/mol. The number of carbonyl (C=O) groups is 1. The van der Waals surface area contributed by atoms with E-state index in [2.05, 4.69) is 43.4 Å². The van der Waals surface area contributed by atoms with Gasteiger partial charge in [0.25, 0.3) is 0 Å². The average molecular weight is 259 g/mol. The molecule has 0 saturated heterocycles. The highest BCUT2D eigenvalue weighted by Crippen LogP contribution is 2.24. The molecule has 0 aromatic heterocycles. The maximum atomic E-state index is 11.9. The van der Waals surface area contributed by atoms with E-state index in [1.165, 1.54) is 17.5 Å². The normalized spacial score (nSPS) is 22.4. The number of benzene rings is 1. The maximum absolute atomic E-state index is 11.9. The summed E-state index contributed by atoms with van der Waals surface area (Å²) in [5.74, 6) is 0.977. The summed E-state index contributed by atoms with van der Waals surface area (Å²) in [6, 6.07) is 9.02. The van der Waals surface area contributed by atoms with Crippen LogP contribution in [-0.2, 0) is 17.6 Å². The molecule has 0 bridgehead atoms. The SMILES string of the molecule is CCc1ccc(CCC(=O)NC2CCC(C)C2)cc1. The number of hydrogen-bond donors (Lipinski definition) is 1. The van der Waals surface area contributed by atoms with Crippen LogP contribution < -0.4 is 5.32 Å². The Kier molecular flexibility index (Phi) is 5.00. The van der Waals surface area contributed by atoms with E-state index >= 15 is 0 Å². The van der Waals surface area contributed by atoms with E-state index < -0.39 is 0 Å². The molecule has 2 rings (SSSR count). The second kappa shape index (κ2) is 6.74. The Morgan fingerprint density at radius 1 is 1.21 bits per heavy atom. The minimum Gasteiger partial charge on any atom is -0.353 e. The smallest absolute Gasteiger partial charge is 0.220 e. The highest BCUT2D eigenvalue weighted by Gasteiger charge is 2.22. The lowest BCUT2D eigenvalue weighted by Crippen LogP contribution is -2.32.